The minimum Gasteiger partial charge on any atom is -0.496 e. The molecule has 0 spiro atoms. The number of nitrogens with zero attached hydrogens (tertiary/aromatic N) is 6. The third kappa shape index (κ3) is 5.51. The molecule has 0 bridgehead atoms. The Morgan fingerprint density at radius 1 is 1.11 bits per heavy atom. The first-order valence-electron chi connectivity index (χ1n) is 14.9. The SMILES string of the molecule is BC(B)(B)N(C(=O)c1nn(-c2ccsc2)c2c1COc1cc(OC)c(-c3ccn(C)n3)cc1-2)C1(C)CN(C(=O)OC(C)(C)C)C1. The van der Waals surface area contributed by atoms with E-state index in [2.05, 4.69) is 5.10 Å². The summed E-state index contributed by atoms with van der Waals surface area (Å²) in [5, 5.41) is 13.0. The van der Waals surface area contributed by atoms with Crippen molar-refractivity contribution in [2.45, 2.75) is 50.7 Å². The van der Waals surface area contributed by atoms with Crippen molar-refractivity contribution in [1.29, 1.82) is 0 Å². The number of carbonyl (C=O) groups is 2. The standard InChI is InChI=1S/C30H37B3N6O5S/c1-28(2,3)44-27(41)37-15-29(4,16-37)39(30(31,32)33)26(40)24-20-13-43-23-12-22(42-6)18(21-7-9-36(5)34-21)11-19(23)25(20)38(35-24)17-8-10-45-14-17/h7-12,14H,13,15-16,31-33H2,1-6H3. The van der Waals surface area contributed by atoms with Crippen LogP contribution in [0.25, 0.3) is 28.2 Å². The maximum atomic E-state index is 14.7. The van der Waals surface area contributed by atoms with E-state index in [1.807, 2.05) is 109 Å². The van der Waals surface area contributed by atoms with E-state index < -0.39 is 16.4 Å². The van der Waals surface area contributed by atoms with Crippen LogP contribution in [0.5, 0.6) is 11.5 Å². The summed E-state index contributed by atoms with van der Waals surface area (Å²) in [4.78, 5) is 31.0. The normalized spacial score (nSPS) is 15.4. The van der Waals surface area contributed by atoms with E-state index in [1.165, 1.54) is 0 Å². The van der Waals surface area contributed by atoms with Gasteiger partial charge in [0, 0.05) is 54.5 Å². The van der Waals surface area contributed by atoms with Crippen molar-refractivity contribution in [3.8, 4) is 39.7 Å². The van der Waals surface area contributed by atoms with E-state index >= 15 is 0 Å². The Labute approximate surface area is 269 Å². The van der Waals surface area contributed by atoms with Crippen LogP contribution in [-0.2, 0) is 18.4 Å². The van der Waals surface area contributed by atoms with E-state index in [-0.39, 0.29) is 18.6 Å². The van der Waals surface area contributed by atoms with E-state index in [0.717, 1.165) is 28.2 Å². The fraction of sp³-hybridized carbons (Fsp3) is 0.400. The number of rotatable bonds is 6. The van der Waals surface area contributed by atoms with Gasteiger partial charge in [0.25, 0.3) is 5.91 Å². The Hall–Kier alpha value is -4.13. The second-order valence-corrected chi connectivity index (χ2v) is 14.7. The maximum absolute atomic E-state index is 14.7. The second kappa shape index (κ2) is 10.7. The van der Waals surface area contributed by atoms with Crippen LogP contribution in [-0.4, -0.2) is 101 Å². The number of aryl methyl sites for hydroxylation is 1. The lowest BCUT2D eigenvalue weighted by Crippen LogP contribution is -2.76. The number of fused-ring (bicyclic) bond motifs is 3. The first-order valence-corrected chi connectivity index (χ1v) is 15.9. The van der Waals surface area contributed by atoms with Crippen molar-refractivity contribution in [1.82, 2.24) is 29.4 Å². The molecular formula is C30H37B3N6O5S. The molecule has 1 saturated heterocycles. The number of amides is 2. The molecule has 1 fully saturated rings. The van der Waals surface area contributed by atoms with Crippen LogP contribution in [0.3, 0.4) is 0 Å². The quantitative estimate of drug-likeness (QED) is 0.301. The molecule has 2 amide bonds. The zero-order valence-electron chi connectivity index (χ0n) is 27.3. The molecule has 45 heavy (non-hydrogen) atoms. The van der Waals surface area contributed by atoms with Crippen molar-refractivity contribution in [2.24, 2.45) is 7.05 Å². The van der Waals surface area contributed by atoms with Gasteiger partial charge < -0.3 is 24.0 Å². The summed E-state index contributed by atoms with van der Waals surface area (Å²) >= 11 is 1.56. The van der Waals surface area contributed by atoms with E-state index in [0.29, 0.717) is 35.8 Å². The molecule has 4 aromatic rings. The molecule has 3 aromatic heterocycles. The first kappa shape index (κ1) is 30.9. The lowest BCUT2D eigenvalue weighted by molar-refractivity contribution is -0.0485. The molecule has 0 unspecified atom stereocenters. The van der Waals surface area contributed by atoms with E-state index in [1.54, 1.807) is 28.0 Å². The van der Waals surface area contributed by atoms with Gasteiger partial charge in [-0.3, -0.25) is 9.48 Å². The predicted molar refractivity (Wildman–Crippen MR) is 181 cm³/mol. The number of benzene rings is 1. The average molecular weight is 626 g/mol. The topological polar surface area (TPSA) is 104 Å². The highest BCUT2D eigenvalue weighted by molar-refractivity contribution is 7.08. The highest BCUT2D eigenvalue weighted by atomic mass is 32.1. The number of aromatic nitrogens is 4. The largest absolute Gasteiger partial charge is 0.496 e. The lowest BCUT2D eigenvalue weighted by Gasteiger charge is -2.58. The Morgan fingerprint density at radius 3 is 2.42 bits per heavy atom. The van der Waals surface area contributed by atoms with Gasteiger partial charge in [-0.25, -0.2) is 9.48 Å². The Kier molecular flexibility index (Phi) is 7.38. The Bertz CT molecular complexity index is 1780. The van der Waals surface area contributed by atoms with Crippen LogP contribution in [0.15, 0.2) is 41.2 Å². The number of methoxy groups -OCH3 is 1. The third-order valence-electron chi connectivity index (χ3n) is 7.98. The molecule has 2 aliphatic rings. The molecule has 232 valence electrons. The second-order valence-electron chi connectivity index (χ2n) is 13.9. The van der Waals surface area contributed by atoms with Gasteiger partial charge in [-0.15, -0.1) is 0 Å². The van der Waals surface area contributed by atoms with Gasteiger partial charge in [-0.1, -0.05) is 0 Å². The van der Waals surface area contributed by atoms with Crippen molar-refractivity contribution < 1.29 is 23.8 Å². The fourth-order valence-corrected chi connectivity index (χ4v) is 7.00. The number of hydrogen-bond donors (Lipinski definition) is 0. The molecule has 0 atom stereocenters. The van der Waals surface area contributed by atoms with Gasteiger partial charge in [0.15, 0.2) is 5.69 Å². The first-order chi connectivity index (χ1) is 21.1. The molecule has 1 aromatic carbocycles. The van der Waals surface area contributed by atoms with Gasteiger partial charge in [-0.2, -0.15) is 21.5 Å². The van der Waals surface area contributed by atoms with Crippen molar-refractivity contribution in [3.63, 3.8) is 0 Å². The van der Waals surface area contributed by atoms with Crippen LogP contribution in [0.1, 0.15) is 43.7 Å². The van der Waals surface area contributed by atoms with Gasteiger partial charge in [0.1, 0.15) is 47.2 Å². The number of ether oxygens (including phenoxy) is 3. The van der Waals surface area contributed by atoms with Crippen molar-refractivity contribution in [2.75, 3.05) is 20.2 Å². The maximum Gasteiger partial charge on any atom is 0.410 e. The fourth-order valence-electron chi connectivity index (χ4n) is 6.38. The molecule has 15 heteroatoms. The number of carbonyl (C=O) groups excluding carboxylic acids is 2. The Balaban J connectivity index is 1.45. The molecule has 6 rings (SSSR count). The van der Waals surface area contributed by atoms with Gasteiger partial charge in [-0.05, 0) is 56.5 Å². The zero-order valence-corrected chi connectivity index (χ0v) is 28.1. The summed E-state index contributed by atoms with van der Waals surface area (Å²) in [7, 11) is 9.51. The summed E-state index contributed by atoms with van der Waals surface area (Å²) in [5.74, 6) is 1.06. The van der Waals surface area contributed by atoms with Gasteiger partial charge in [0.05, 0.1) is 29.7 Å². The Morgan fingerprint density at radius 2 is 1.84 bits per heavy atom. The van der Waals surface area contributed by atoms with Crippen LogP contribution in [0.4, 0.5) is 4.79 Å². The lowest BCUT2D eigenvalue weighted by atomic mass is 9.47. The summed E-state index contributed by atoms with van der Waals surface area (Å²) in [6.45, 7) is 8.41. The summed E-state index contributed by atoms with van der Waals surface area (Å²) in [5.41, 5.74) is 3.80. The smallest absolute Gasteiger partial charge is 0.410 e. The average Bonchev–Trinajstić information content (AvgIpc) is 3.68. The highest BCUT2D eigenvalue weighted by Gasteiger charge is 2.53. The van der Waals surface area contributed by atoms with Crippen LogP contribution < -0.4 is 9.47 Å². The van der Waals surface area contributed by atoms with Gasteiger partial charge >= 0.3 is 6.09 Å². The summed E-state index contributed by atoms with van der Waals surface area (Å²) in [6.07, 6.45) is 1.50. The molecular weight excluding hydrogens is 589 g/mol. The molecule has 0 radical (unpaired) electrons. The minimum atomic E-state index is -0.627. The molecule has 0 saturated carbocycles. The summed E-state index contributed by atoms with van der Waals surface area (Å²) in [6, 6.07) is 7.79. The van der Waals surface area contributed by atoms with Crippen LogP contribution in [0, 0.1) is 0 Å². The van der Waals surface area contributed by atoms with Crippen LogP contribution in [0.2, 0.25) is 0 Å². The van der Waals surface area contributed by atoms with Crippen molar-refractivity contribution >= 4 is 46.9 Å². The third-order valence-corrected chi connectivity index (χ3v) is 8.65. The summed E-state index contributed by atoms with van der Waals surface area (Å²) < 4.78 is 21.2. The zero-order chi connectivity index (χ0) is 32.5. The van der Waals surface area contributed by atoms with E-state index in [4.69, 9.17) is 19.3 Å². The molecule has 5 heterocycles. The van der Waals surface area contributed by atoms with Crippen molar-refractivity contribution in [3.05, 3.63) is 52.5 Å². The van der Waals surface area contributed by atoms with Crippen LogP contribution >= 0.6 is 11.3 Å². The number of hydrogen-bond acceptors (Lipinski definition) is 8. The molecule has 0 aliphatic carbocycles. The van der Waals surface area contributed by atoms with E-state index in [9.17, 15) is 9.59 Å². The molecule has 2 aliphatic heterocycles. The predicted octanol–water partition coefficient (Wildman–Crippen LogP) is 1.86. The van der Waals surface area contributed by atoms with Gasteiger partial charge in [0.2, 0.25) is 0 Å². The number of thiophene rings is 1. The number of likely N-dealkylation sites (tertiary alicyclic amines) is 1. The highest BCUT2D eigenvalue weighted by Crippen LogP contribution is 2.46. The monoisotopic (exact) mass is 626 g/mol. The minimum absolute atomic E-state index is 0.165. The molecule has 11 nitrogen and oxygen atoms in total. The molecule has 0 N–H and O–H groups in total.